The van der Waals surface area contributed by atoms with Gasteiger partial charge in [-0.1, -0.05) is 72.8 Å². The normalized spacial score (nSPS) is 14.4. The zero-order chi connectivity index (χ0) is 15.5. The standard InChI is InChI=1S/C21H16N2/c1-3-9-16(10-4-1)20-15-21(19-14-8-7-13-18(19)20)23-22-17-11-5-2-6-12-17/h1-15,22H/b23-21-. The Kier molecular flexibility index (Phi) is 3.49. The topological polar surface area (TPSA) is 24.4 Å². The van der Waals surface area contributed by atoms with Crippen LogP contribution in [0.5, 0.6) is 0 Å². The van der Waals surface area contributed by atoms with Crippen LogP contribution in [-0.2, 0) is 0 Å². The number of allylic oxidation sites excluding steroid dienone is 1. The first-order valence-electron chi connectivity index (χ1n) is 7.67. The molecule has 0 saturated heterocycles. The van der Waals surface area contributed by atoms with Gasteiger partial charge in [-0.05, 0) is 34.9 Å². The number of nitrogens with one attached hydrogen (secondary N) is 1. The van der Waals surface area contributed by atoms with Crippen LogP contribution in [0.3, 0.4) is 0 Å². The molecule has 0 atom stereocenters. The van der Waals surface area contributed by atoms with Crippen LogP contribution in [0.25, 0.3) is 5.57 Å². The Morgan fingerprint density at radius 3 is 1.96 bits per heavy atom. The van der Waals surface area contributed by atoms with E-state index in [0.717, 1.165) is 17.0 Å². The predicted octanol–water partition coefficient (Wildman–Crippen LogP) is 4.95. The average molecular weight is 296 g/mol. The quantitative estimate of drug-likeness (QED) is 0.680. The molecule has 0 unspecified atom stereocenters. The average Bonchev–Trinajstić information content (AvgIpc) is 3.01. The van der Waals surface area contributed by atoms with E-state index in [1.165, 1.54) is 16.7 Å². The van der Waals surface area contributed by atoms with E-state index in [2.05, 4.69) is 65.1 Å². The van der Waals surface area contributed by atoms with Gasteiger partial charge in [-0.25, -0.2) is 0 Å². The van der Waals surface area contributed by atoms with Gasteiger partial charge in [0.15, 0.2) is 0 Å². The van der Waals surface area contributed by atoms with Crippen molar-refractivity contribution in [3.63, 3.8) is 0 Å². The molecule has 0 heterocycles. The Morgan fingerprint density at radius 2 is 1.22 bits per heavy atom. The van der Waals surface area contributed by atoms with Crippen LogP contribution in [0.4, 0.5) is 5.69 Å². The highest BCUT2D eigenvalue weighted by molar-refractivity contribution is 6.21. The molecule has 0 aromatic heterocycles. The summed E-state index contributed by atoms with van der Waals surface area (Å²) in [6.45, 7) is 0. The number of anilines is 1. The van der Waals surface area contributed by atoms with Gasteiger partial charge in [-0.2, -0.15) is 5.10 Å². The summed E-state index contributed by atoms with van der Waals surface area (Å²) in [5.74, 6) is 0. The first-order valence-corrected chi connectivity index (χ1v) is 7.67. The Hall–Kier alpha value is -3.13. The van der Waals surface area contributed by atoms with Gasteiger partial charge >= 0.3 is 0 Å². The molecular weight excluding hydrogens is 280 g/mol. The fraction of sp³-hybridized carbons (Fsp3) is 0. The van der Waals surface area contributed by atoms with Crippen LogP contribution in [0.2, 0.25) is 0 Å². The second-order valence-electron chi connectivity index (χ2n) is 5.44. The van der Waals surface area contributed by atoms with Gasteiger partial charge in [-0.3, -0.25) is 5.43 Å². The van der Waals surface area contributed by atoms with Gasteiger partial charge in [0.1, 0.15) is 0 Å². The summed E-state index contributed by atoms with van der Waals surface area (Å²) in [5, 5.41) is 4.60. The number of hydrogen-bond acceptors (Lipinski definition) is 2. The van der Waals surface area contributed by atoms with E-state index in [0.29, 0.717) is 0 Å². The van der Waals surface area contributed by atoms with Gasteiger partial charge in [0, 0.05) is 5.56 Å². The molecule has 2 nitrogen and oxygen atoms in total. The van der Waals surface area contributed by atoms with E-state index in [1.54, 1.807) is 0 Å². The molecule has 0 radical (unpaired) electrons. The highest BCUT2D eigenvalue weighted by Crippen LogP contribution is 2.32. The van der Waals surface area contributed by atoms with Crippen molar-refractivity contribution in [1.82, 2.24) is 0 Å². The van der Waals surface area contributed by atoms with Crippen molar-refractivity contribution < 1.29 is 0 Å². The SMILES string of the molecule is C1=C(c2ccccc2)c2ccccc2/C1=N\Nc1ccccc1. The van der Waals surface area contributed by atoms with Gasteiger partial charge in [0.25, 0.3) is 0 Å². The molecule has 1 aliphatic rings. The lowest BCUT2D eigenvalue weighted by atomic mass is 9.99. The van der Waals surface area contributed by atoms with E-state index < -0.39 is 0 Å². The number of fused-ring (bicyclic) bond motifs is 1. The maximum absolute atomic E-state index is 4.60. The Balaban J connectivity index is 1.74. The monoisotopic (exact) mass is 296 g/mol. The molecule has 0 amide bonds. The molecule has 1 N–H and O–H groups in total. The van der Waals surface area contributed by atoms with Crippen molar-refractivity contribution >= 4 is 17.0 Å². The molecular formula is C21H16N2. The molecule has 0 aliphatic heterocycles. The fourth-order valence-electron chi connectivity index (χ4n) is 2.82. The van der Waals surface area contributed by atoms with E-state index in [-0.39, 0.29) is 0 Å². The zero-order valence-corrected chi connectivity index (χ0v) is 12.6. The number of nitrogens with zero attached hydrogens (tertiary/aromatic N) is 1. The molecule has 0 bridgehead atoms. The summed E-state index contributed by atoms with van der Waals surface area (Å²) in [6.07, 6.45) is 2.15. The van der Waals surface area contributed by atoms with E-state index in [1.807, 2.05) is 36.4 Å². The number of hydrogen-bond donors (Lipinski definition) is 1. The Morgan fingerprint density at radius 1 is 0.609 bits per heavy atom. The lowest BCUT2D eigenvalue weighted by molar-refractivity contribution is 1.34. The molecule has 3 aromatic carbocycles. The number of para-hydroxylation sites is 1. The maximum Gasteiger partial charge on any atom is 0.0918 e. The third-order valence-corrected chi connectivity index (χ3v) is 3.94. The van der Waals surface area contributed by atoms with Crippen molar-refractivity contribution in [2.75, 3.05) is 5.43 Å². The second kappa shape index (κ2) is 5.93. The lowest BCUT2D eigenvalue weighted by Gasteiger charge is -2.05. The minimum Gasteiger partial charge on any atom is -0.278 e. The first kappa shape index (κ1) is 13.5. The van der Waals surface area contributed by atoms with Crippen LogP contribution < -0.4 is 5.43 Å². The Labute approximate surface area is 135 Å². The fourth-order valence-corrected chi connectivity index (χ4v) is 2.82. The molecule has 0 fully saturated rings. The largest absolute Gasteiger partial charge is 0.278 e. The molecule has 0 saturated carbocycles. The zero-order valence-electron chi connectivity index (χ0n) is 12.6. The van der Waals surface area contributed by atoms with E-state index in [9.17, 15) is 0 Å². The third-order valence-electron chi connectivity index (χ3n) is 3.94. The third kappa shape index (κ3) is 2.67. The molecule has 0 spiro atoms. The smallest absolute Gasteiger partial charge is 0.0918 e. The molecule has 4 rings (SSSR count). The van der Waals surface area contributed by atoms with Crippen LogP contribution in [0.1, 0.15) is 16.7 Å². The summed E-state index contributed by atoms with van der Waals surface area (Å²) in [7, 11) is 0. The minimum absolute atomic E-state index is 0.961. The maximum atomic E-state index is 4.60. The molecule has 3 aromatic rings. The summed E-state index contributed by atoms with van der Waals surface area (Å²) < 4.78 is 0. The van der Waals surface area contributed by atoms with E-state index >= 15 is 0 Å². The summed E-state index contributed by atoms with van der Waals surface area (Å²) in [4.78, 5) is 0. The summed E-state index contributed by atoms with van der Waals surface area (Å²) in [6, 6.07) is 28.8. The van der Waals surface area contributed by atoms with Crippen LogP contribution in [-0.4, -0.2) is 5.71 Å². The van der Waals surface area contributed by atoms with Crippen molar-refractivity contribution in [2.24, 2.45) is 5.10 Å². The van der Waals surface area contributed by atoms with Crippen LogP contribution >= 0.6 is 0 Å². The second-order valence-corrected chi connectivity index (χ2v) is 5.44. The number of rotatable bonds is 3. The minimum atomic E-state index is 0.961. The van der Waals surface area contributed by atoms with Crippen molar-refractivity contribution in [3.05, 3.63) is 108 Å². The molecule has 110 valence electrons. The van der Waals surface area contributed by atoms with Gasteiger partial charge < -0.3 is 0 Å². The summed E-state index contributed by atoms with van der Waals surface area (Å²) >= 11 is 0. The van der Waals surface area contributed by atoms with Crippen molar-refractivity contribution in [3.8, 4) is 0 Å². The predicted molar refractivity (Wildman–Crippen MR) is 96.6 cm³/mol. The highest BCUT2D eigenvalue weighted by atomic mass is 15.3. The lowest BCUT2D eigenvalue weighted by Crippen LogP contribution is -1.99. The van der Waals surface area contributed by atoms with Crippen LogP contribution in [0, 0.1) is 0 Å². The first-order chi connectivity index (χ1) is 11.4. The summed E-state index contributed by atoms with van der Waals surface area (Å²) in [5.41, 5.74) is 9.91. The highest BCUT2D eigenvalue weighted by Gasteiger charge is 2.20. The molecule has 2 heteroatoms. The van der Waals surface area contributed by atoms with Crippen molar-refractivity contribution in [2.45, 2.75) is 0 Å². The molecule has 23 heavy (non-hydrogen) atoms. The number of benzene rings is 3. The van der Waals surface area contributed by atoms with Gasteiger partial charge in [0.2, 0.25) is 0 Å². The van der Waals surface area contributed by atoms with Gasteiger partial charge in [0.05, 0.1) is 11.4 Å². The molecule has 1 aliphatic carbocycles. The van der Waals surface area contributed by atoms with Crippen molar-refractivity contribution in [1.29, 1.82) is 0 Å². The number of hydrazone groups is 1. The van der Waals surface area contributed by atoms with Gasteiger partial charge in [-0.15, -0.1) is 0 Å². The van der Waals surface area contributed by atoms with E-state index in [4.69, 9.17) is 0 Å². The van der Waals surface area contributed by atoms with Crippen LogP contribution in [0.15, 0.2) is 96.1 Å². The Bertz CT molecular complexity index is 878.